The molecule has 0 radical (unpaired) electrons. The minimum absolute atomic E-state index is 0.198. The van der Waals surface area contributed by atoms with E-state index in [9.17, 15) is 4.79 Å². The molecule has 1 aromatic carbocycles. The van der Waals surface area contributed by atoms with Crippen LogP contribution in [0.5, 0.6) is 0 Å². The standard InChI is InChI=1S/C14H11BrN4OS/c1-16-11-6-17-14-12(19-11)8(7-21-14)13(20)18-10-5-3-2-4-9(10)15/h2-7H,1H3,(H,16,19)(H,18,20). The van der Waals surface area contributed by atoms with Crippen molar-refractivity contribution in [2.24, 2.45) is 0 Å². The molecule has 21 heavy (non-hydrogen) atoms. The maximum absolute atomic E-state index is 12.4. The summed E-state index contributed by atoms with van der Waals surface area (Å²) in [6, 6.07) is 7.47. The molecule has 0 bridgehead atoms. The SMILES string of the molecule is CNc1cnc2scc(C(=O)Nc3ccccc3Br)c2n1. The average molecular weight is 363 g/mol. The molecule has 7 heteroatoms. The van der Waals surface area contributed by atoms with E-state index in [2.05, 4.69) is 36.5 Å². The van der Waals surface area contributed by atoms with E-state index in [-0.39, 0.29) is 5.91 Å². The van der Waals surface area contributed by atoms with Gasteiger partial charge in [0.05, 0.1) is 17.4 Å². The fourth-order valence-electron chi connectivity index (χ4n) is 1.84. The molecule has 3 aromatic rings. The van der Waals surface area contributed by atoms with Gasteiger partial charge < -0.3 is 10.6 Å². The van der Waals surface area contributed by atoms with Gasteiger partial charge in [-0.2, -0.15) is 0 Å². The van der Waals surface area contributed by atoms with Crippen LogP contribution in [0.25, 0.3) is 10.3 Å². The molecule has 0 saturated heterocycles. The molecular weight excluding hydrogens is 352 g/mol. The third-order valence-electron chi connectivity index (χ3n) is 2.91. The second kappa shape index (κ2) is 5.79. The Bertz CT molecular complexity index is 818. The van der Waals surface area contributed by atoms with E-state index in [0.29, 0.717) is 16.9 Å². The van der Waals surface area contributed by atoms with E-state index in [1.54, 1.807) is 18.6 Å². The molecule has 3 rings (SSSR count). The summed E-state index contributed by atoms with van der Waals surface area (Å²) >= 11 is 4.81. The van der Waals surface area contributed by atoms with Crippen molar-refractivity contribution in [2.75, 3.05) is 17.7 Å². The van der Waals surface area contributed by atoms with E-state index in [1.807, 2.05) is 24.3 Å². The first-order valence-corrected chi connectivity index (χ1v) is 7.84. The number of benzene rings is 1. The number of hydrogen-bond donors (Lipinski definition) is 2. The molecule has 0 spiro atoms. The maximum Gasteiger partial charge on any atom is 0.258 e. The summed E-state index contributed by atoms with van der Waals surface area (Å²) in [4.78, 5) is 21.9. The second-order valence-electron chi connectivity index (χ2n) is 4.24. The van der Waals surface area contributed by atoms with E-state index in [1.165, 1.54) is 11.3 Å². The lowest BCUT2D eigenvalue weighted by atomic mass is 10.2. The molecule has 0 fully saturated rings. The molecule has 2 aromatic heterocycles. The molecule has 0 aliphatic rings. The van der Waals surface area contributed by atoms with E-state index >= 15 is 0 Å². The summed E-state index contributed by atoms with van der Waals surface area (Å²) in [6.07, 6.45) is 1.65. The molecule has 0 atom stereocenters. The molecule has 0 unspecified atom stereocenters. The first-order valence-electron chi connectivity index (χ1n) is 6.17. The topological polar surface area (TPSA) is 66.9 Å². The molecule has 0 aliphatic heterocycles. The first-order chi connectivity index (χ1) is 10.2. The summed E-state index contributed by atoms with van der Waals surface area (Å²) in [5.74, 6) is 0.437. The number of nitrogens with zero attached hydrogens (tertiary/aromatic N) is 2. The Morgan fingerprint density at radius 2 is 2.14 bits per heavy atom. The van der Waals surface area contributed by atoms with Gasteiger partial charge in [0.1, 0.15) is 16.2 Å². The average Bonchev–Trinajstić information content (AvgIpc) is 2.92. The number of fused-ring (bicyclic) bond motifs is 1. The van der Waals surface area contributed by atoms with Crippen LogP contribution >= 0.6 is 27.3 Å². The molecule has 5 nitrogen and oxygen atoms in total. The van der Waals surface area contributed by atoms with Gasteiger partial charge in [0.25, 0.3) is 5.91 Å². The zero-order valence-corrected chi connectivity index (χ0v) is 13.5. The van der Waals surface area contributed by atoms with Crippen molar-refractivity contribution in [3.05, 3.63) is 45.9 Å². The van der Waals surface area contributed by atoms with Crippen LogP contribution in [-0.4, -0.2) is 22.9 Å². The zero-order chi connectivity index (χ0) is 14.8. The van der Waals surface area contributed by atoms with Crippen LogP contribution < -0.4 is 10.6 Å². The molecule has 2 heterocycles. The van der Waals surface area contributed by atoms with E-state index < -0.39 is 0 Å². The predicted octanol–water partition coefficient (Wildman–Crippen LogP) is 3.75. The van der Waals surface area contributed by atoms with Gasteiger partial charge in [-0.1, -0.05) is 12.1 Å². The van der Waals surface area contributed by atoms with Crippen molar-refractivity contribution >= 4 is 55.0 Å². The van der Waals surface area contributed by atoms with Gasteiger partial charge in [-0.25, -0.2) is 9.97 Å². The number of rotatable bonds is 3. The maximum atomic E-state index is 12.4. The molecule has 0 aliphatic carbocycles. The van der Waals surface area contributed by atoms with Crippen LogP contribution in [0.1, 0.15) is 10.4 Å². The van der Waals surface area contributed by atoms with Crippen LogP contribution in [0.15, 0.2) is 40.3 Å². The largest absolute Gasteiger partial charge is 0.372 e. The molecule has 106 valence electrons. The van der Waals surface area contributed by atoms with Crippen molar-refractivity contribution in [3.8, 4) is 0 Å². The molecular formula is C14H11BrN4OS. The third-order valence-corrected chi connectivity index (χ3v) is 4.47. The summed E-state index contributed by atoms with van der Waals surface area (Å²) in [5, 5.41) is 7.57. The summed E-state index contributed by atoms with van der Waals surface area (Å²) < 4.78 is 0.833. The van der Waals surface area contributed by atoms with E-state index in [0.717, 1.165) is 15.0 Å². The van der Waals surface area contributed by atoms with Crippen LogP contribution in [0.3, 0.4) is 0 Å². The number of thiophene rings is 1. The highest BCUT2D eigenvalue weighted by atomic mass is 79.9. The lowest BCUT2D eigenvalue weighted by molar-refractivity contribution is 0.102. The Morgan fingerprint density at radius 1 is 1.33 bits per heavy atom. The Morgan fingerprint density at radius 3 is 2.90 bits per heavy atom. The summed E-state index contributed by atoms with van der Waals surface area (Å²) in [7, 11) is 1.77. The van der Waals surface area contributed by atoms with Crippen molar-refractivity contribution in [1.29, 1.82) is 0 Å². The number of carbonyl (C=O) groups is 1. The first kappa shape index (κ1) is 14.0. The minimum atomic E-state index is -0.198. The summed E-state index contributed by atoms with van der Waals surface area (Å²) in [5.41, 5.74) is 1.85. The number of carbonyl (C=O) groups excluding carboxylic acids is 1. The molecule has 1 amide bonds. The van der Waals surface area contributed by atoms with Gasteiger partial charge in [-0.15, -0.1) is 11.3 Å². The van der Waals surface area contributed by atoms with Crippen LogP contribution in [-0.2, 0) is 0 Å². The number of anilines is 2. The zero-order valence-electron chi connectivity index (χ0n) is 11.1. The van der Waals surface area contributed by atoms with Crippen molar-refractivity contribution in [2.45, 2.75) is 0 Å². The number of para-hydroxylation sites is 1. The Hall–Kier alpha value is -1.99. The Labute approximate surface area is 133 Å². The third kappa shape index (κ3) is 2.74. The highest BCUT2D eigenvalue weighted by Gasteiger charge is 2.15. The van der Waals surface area contributed by atoms with Crippen LogP contribution in [0.4, 0.5) is 11.5 Å². The monoisotopic (exact) mass is 362 g/mol. The number of halogens is 1. The molecule has 2 N–H and O–H groups in total. The van der Waals surface area contributed by atoms with Gasteiger partial charge in [-0.3, -0.25) is 4.79 Å². The fourth-order valence-corrected chi connectivity index (χ4v) is 3.06. The lowest BCUT2D eigenvalue weighted by Gasteiger charge is -2.06. The highest BCUT2D eigenvalue weighted by molar-refractivity contribution is 9.10. The minimum Gasteiger partial charge on any atom is -0.372 e. The number of aromatic nitrogens is 2. The normalized spacial score (nSPS) is 10.6. The lowest BCUT2D eigenvalue weighted by Crippen LogP contribution is -2.12. The van der Waals surface area contributed by atoms with Gasteiger partial charge >= 0.3 is 0 Å². The fraction of sp³-hybridized carbons (Fsp3) is 0.0714. The van der Waals surface area contributed by atoms with Gasteiger partial charge in [0.15, 0.2) is 0 Å². The van der Waals surface area contributed by atoms with Gasteiger partial charge in [0.2, 0.25) is 0 Å². The van der Waals surface area contributed by atoms with Gasteiger partial charge in [-0.05, 0) is 28.1 Å². The van der Waals surface area contributed by atoms with Crippen molar-refractivity contribution in [1.82, 2.24) is 9.97 Å². The van der Waals surface area contributed by atoms with Crippen molar-refractivity contribution in [3.63, 3.8) is 0 Å². The van der Waals surface area contributed by atoms with Gasteiger partial charge in [0, 0.05) is 16.9 Å². The number of hydrogen-bond acceptors (Lipinski definition) is 5. The van der Waals surface area contributed by atoms with Crippen molar-refractivity contribution < 1.29 is 4.79 Å². The summed E-state index contributed by atoms with van der Waals surface area (Å²) in [6.45, 7) is 0. The van der Waals surface area contributed by atoms with Crippen LogP contribution in [0, 0.1) is 0 Å². The highest BCUT2D eigenvalue weighted by Crippen LogP contribution is 2.26. The number of nitrogens with one attached hydrogen (secondary N) is 2. The quantitative estimate of drug-likeness (QED) is 0.744. The second-order valence-corrected chi connectivity index (χ2v) is 5.95. The van der Waals surface area contributed by atoms with E-state index in [4.69, 9.17) is 0 Å². The number of amides is 1. The van der Waals surface area contributed by atoms with Crippen LogP contribution in [0.2, 0.25) is 0 Å². The Balaban J connectivity index is 1.96. The smallest absolute Gasteiger partial charge is 0.258 e. The molecule has 0 saturated carbocycles. The predicted molar refractivity (Wildman–Crippen MR) is 89.1 cm³/mol. The Kier molecular flexibility index (Phi) is 3.85.